The number of anilines is 1. The number of benzene rings is 3. The molecule has 0 atom stereocenters. The van der Waals surface area contributed by atoms with Gasteiger partial charge in [0, 0.05) is 29.2 Å². The van der Waals surface area contributed by atoms with Crippen LogP contribution in [0.1, 0.15) is 32.4 Å². The number of aromatic nitrogens is 1. The van der Waals surface area contributed by atoms with Gasteiger partial charge in [0.2, 0.25) is 5.91 Å². The van der Waals surface area contributed by atoms with Crippen LogP contribution in [0.2, 0.25) is 5.02 Å². The molecule has 2 N–H and O–H groups in total. The number of amides is 1. The van der Waals surface area contributed by atoms with Gasteiger partial charge >= 0.3 is 5.97 Å². The lowest BCUT2D eigenvalue weighted by Crippen LogP contribution is -2.13. The average molecular weight is 433 g/mol. The van der Waals surface area contributed by atoms with Crippen LogP contribution in [-0.4, -0.2) is 27.5 Å². The molecule has 1 amide bonds. The number of carboxylic acids is 1. The van der Waals surface area contributed by atoms with Crippen LogP contribution in [0.15, 0.2) is 72.9 Å². The standard InChI is InChI=1S/C24H17ClN2O4/c1-14(28)27-13-21(20-7-2-3-8-22(20)27)23(29)26-19-11-16(9-17(12-19)24(30)31)15-5-4-6-18(25)10-15/h2-13H,1H3,(H,26,29)(H,30,31). The molecule has 0 aliphatic carbocycles. The molecule has 3 aromatic carbocycles. The van der Waals surface area contributed by atoms with Crippen LogP contribution in [0.4, 0.5) is 5.69 Å². The first-order chi connectivity index (χ1) is 14.8. The predicted octanol–water partition coefficient (Wildman–Crippen LogP) is 5.57. The Balaban J connectivity index is 1.76. The van der Waals surface area contributed by atoms with Crippen molar-refractivity contribution in [3.05, 3.63) is 89.1 Å². The number of carbonyl (C=O) groups is 3. The van der Waals surface area contributed by atoms with E-state index in [0.717, 1.165) is 5.56 Å². The monoisotopic (exact) mass is 432 g/mol. The molecule has 31 heavy (non-hydrogen) atoms. The fourth-order valence-electron chi connectivity index (χ4n) is 3.48. The molecule has 0 aliphatic rings. The van der Waals surface area contributed by atoms with E-state index in [1.807, 2.05) is 0 Å². The van der Waals surface area contributed by atoms with E-state index in [4.69, 9.17) is 11.6 Å². The number of nitrogens with zero attached hydrogens (tertiary/aromatic N) is 1. The minimum Gasteiger partial charge on any atom is -0.478 e. The molecular weight excluding hydrogens is 416 g/mol. The van der Waals surface area contributed by atoms with Crippen molar-refractivity contribution < 1.29 is 19.5 Å². The molecule has 6 nitrogen and oxygen atoms in total. The molecule has 7 heteroatoms. The predicted molar refractivity (Wildman–Crippen MR) is 120 cm³/mol. The van der Waals surface area contributed by atoms with Crippen LogP contribution < -0.4 is 5.32 Å². The zero-order valence-electron chi connectivity index (χ0n) is 16.4. The fraction of sp³-hybridized carbons (Fsp3) is 0.0417. The highest BCUT2D eigenvalue weighted by Crippen LogP contribution is 2.28. The Bertz CT molecular complexity index is 1360. The summed E-state index contributed by atoms with van der Waals surface area (Å²) >= 11 is 6.07. The molecule has 0 fully saturated rings. The maximum absolute atomic E-state index is 13.0. The first-order valence-electron chi connectivity index (χ1n) is 9.40. The third-order valence-corrected chi connectivity index (χ3v) is 5.13. The second-order valence-electron chi connectivity index (χ2n) is 7.02. The number of para-hydroxylation sites is 1. The van der Waals surface area contributed by atoms with Crippen molar-refractivity contribution in [2.24, 2.45) is 0 Å². The van der Waals surface area contributed by atoms with Gasteiger partial charge in [-0.2, -0.15) is 0 Å². The number of hydrogen-bond acceptors (Lipinski definition) is 3. The van der Waals surface area contributed by atoms with Gasteiger partial charge in [-0.05, 0) is 47.5 Å². The lowest BCUT2D eigenvalue weighted by atomic mass is 10.0. The van der Waals surface area contributed by atoms with Crippen molar-refractivity contribution >= 4 is 46.0 Å². The second-order valence-corrected chi connectivity index (χ2v) is 7.45. The molecule has 0 bridgehead atoms. The Morgan fingerprint density at radius 1 is 0.935 bits per heavy atom. The van der Waals surface area contributed by atoms with Crippen LogP contribution in [-0.2, 0) is 0 Å². The van der Waals surface area contributed by atoms with Gasteiger partial charge in [0.15, 0.2) is 0 Å². The Kier molecular flexibility index (Phi) is 5.31. The second kappa shape index (κ2) is 8.08. The molecule has 154 valence electrons. The normalized spacial score (nSPS) is 10.8. The maximum atomic E-state index is 13.0. The summed E-state index contributed by atoms with van der Waals surface area (Å²) in [7, 11) is 0. The Hall–Kier alpha value is -3.90. The van der Waals surface area contributed by atoms with Gasteiger partial charge < -0.3 is 10.4 Å². The van der Waals surface area contributed by atoms with Crippen molar-refractivity contribution in [3.63, 3.8) is 0 Å². The van der Waals surface area contributed by atoms with E-state index in [1.54, 1.807) is 54.6 Å². The molecule has 0 saturated carbocycles. The molecule has 0 spiro atoms. The van der Waals surface area contributed by atoms with E-state index in [-0.39, 0.29) is 11.5 Å². The van der Waals surface area contributed by atoms with Crippen LogP contribution >= 0.6 is 11.6 Å². The Morgan fingerprint density at radius 3 is 2.42 bits per heavy atom. The molecule has 0 aliphatic heterocycles. The topological polar surface area (TPSA) is 88.4 Å². The number of rotatable bonds is 4. The van der Waals surface area contributed by atoms with Gasteiger partial charge in [0.25, 0.3) is 5.91 Å². The summed E-state index contributed by atoms with van der Waals surface area (Å²) in [5.74, 6) is -1.78. The molecule has 0 saturated heterocycles. The number of fused-ring (bicyclic) bond motifs is 1. The molecule has 0 unspecified atom stereocenters. The van der Waals surface area contributed by atoms with E-state index in [2.05, 4.69) is 5.32 Å². The minimum atomic E-state index is -1.12. The van der Waals surface area contributed by atoms with Crippen molar-refractivity contribution in [2.75, 3.05) is 5.32 Å². The number of halogens is 1. The van der Waals surface area contributed by atoms with E-state index in [0.29, 0.717) is 32.7 Å². The first kappa shape index (κ1) is 20.4. The molecule has 0 radical (unpaired) electrons. The highest BCUT2D eigenvalue weighted by molar-refractivity contribution is 6.30. The van der Waals surface area contributed by atoms with Crippen molar-refractivity contribution in [1.82, 2.24) is 4.57 Å². The summed E-state index contributed by atoms with van der Waals surface area (Å²) in [6.45, 7) is 1.42. The van der Waals surface area contributed by atoms with Crippen molar-refractivity contribution in [3.8, 4) is 11.1 Å². The van der Waals surface area contributed by atoms with Gasteiger partial charge in [-0.3, -0.25) is 14.2 Å². The van der Waals surface area contributed by atoms with Gasteiger partial charge in [-0.1, -0.05) is 41.9 Å². The summed E-state index contributed by atoms with van der Waals surface area (Å²) in [5, 5.41) is 13.4. The summed E-state index contributed by atoms with van der Waals surface area (Å²) in [5.41, 5.74) is 2.61. The Morgan fingerprint density at radius 2 is 1.71 bits per heavy atom. The van der Waals surface area contributed by atoms with E-state index in [1.165, 1.54) is 29.8 Å². The summed E-state index contributed by atoms with van der Waals surface area (Å²) in [6, 6.07) is 18.7. The van der Waals surface area contributed by atoms with Crippen LogP contribution in [0.5, 0.6) is 0 Å². The number of carboxylic acid groups (broad SMARTS) is 1. The zero-order chi connectivity index (χ0) is 22.1. The number of nitrogens with one attached hydrogen (secondary N) is 1. The molecular formula is C24H17ClN2O4. The fourth-order valence-corrected chi connectivity index (χ4v) is 3.67. The largest absolute Gasteiger partial charge is 0.478 e. The third kappa shape index (κ3) is 4.06. The lowest BCUT2D eigenvalue weighted by molar-refractivity contribution is 0.0696. The van der Waals surface area contributed by atoms with E-state index < -0.39 is 11.9 Å². The third-order valence-electron chi connectivity index (χ3n) is 4.89. The SMILES string of the molecule is CC(=O)n1cc(C(=O)Nc2cc(C(=O)O)cc(-c3cccc(Cl)c3)c2)c2ccccc21. The van der Waals surface area contributed by atoms with Gasteiger partial charge in [-0.15, -0.1) is 0 Å². The molecule has 1 aromatic heterocycles. The van der Waals surface area contributed by atoms with Crippen molar-refractivity contribution in [1.29, 1.82) is 0 Å². The molecule has 4 aromatic rings. The Labute approximate surface area is 182 Å². The lowest BCUT2D eigenvalue weighted by Gasteiger charge is -2.10. The van der Waals surface area contributed by atoms with Gasteiger partial charge in [0.1, 0.15) is 0 Å². The summed E-state index contributed by atoms with van der Waals surface area (Å²) in [6.07, 6.45) is 1.49. The molecule has 4 rings (SSSR count). The highest BCUT2D eigenvalue weighted by atomic mass is 35.5. The smallest absolute Gasteiger partial charge is 0.335 e. The zero-order valence-corrected chi connectivity index (χ0v) is 17.2. The van der Waals surface area contributed by atoms with Crippen molar-refractivity contribution in [2.45, 2.75) is 6.92 Å². The van der Waals surface area contributed by atoms with E-state index in [9.17, 15) is 19.5 Å². The van der Waals surface area contributed by atoms with Crippen LogP contribution in [0, 0.1) is 0 Å². The van der Waals surface area contributed by atoms with Gasteiger partial charge in [0.05, 0.1) is 16.6 Å². The van der Waals surface area contributed by atoms with Crippen LogP contribution in [0.3, 0.4) is 0 Å². The number of hydrogen-bond donors (Lipinski definition) is 2. The van der Waals surface area contributed by atoms with E-state index >= 15 is 0 Å². The summed E-state index contributed by atoms with van der Waals surface area (Å²) in [4.78, 5) is 36.6. The average Bonchev–Trinajstić information content (AvgIpc) is 3.14. The quantitative estimate of drug-likeness (QED) is 0.441. The maximum Gasteiger partial charge on any atom is 0.335 e. The number of carbonyl (C=O) groups excluding carboxylic acids is 2. The highest BCUT2D eigenvalue weighted by Gasteiger charge is 2.18. The van der Waals surface area contributed by atoms with Crippen LogP contribution in [0.25, 0.3) is 22.0 Å². The van der Waals surface area contributed by atoms with Gasteiger partial charge in [-0.25, -0.2) is 4.79 Å². The molecule has 1 heterocycles. The summed E-state index contributed by atoms with van der Waals surface area (Å²) < 4.78 is 1.41. The number of aromatic carboxylic acids is 1. The first-order valence-corrected chi connectivity index (χ1v) is 9.78. The minimum absolute atomic E-state index is 0.0268.